The van der Waals surface area contributed by atoms with Crippen molar-refractivity contribution in [3.8, 4) is 0 Å². The molecule has 0 aliphatic heterocycles. The van der Waals surface area contributed by atoms with Crippen LogP contribution in [0.25, 0.3) is 0 Å². The Balaban J connectivity index is 0.00000625. The number of nitrogens with one attached hydrogen (secondary N) is 1. The molecule has 0 atom stereocenters. The first-order chi connectivity index (χ1) is 12.4. The SMILES string of the molecule is CCCCCCCCCCCCCCCCSc1cccc(NN)c1.Cl. The fraction of sp³-hybridized carbons (Fsp3) is 0.727. The molecule has 0 fully saturated rings. The number of nitrogens with two attached hydrogens (primary N) is 1. The average Bonchev–Trinajstić information content (AvgIpc) is 2.65. The zero-order chi connectivity index (χ0) is 18.0. The second-order valence-corrected chi connectivity index (χ2v) is 8.29. The van der Waals surface area contributed by atoms with Crippen molar-refractivity contribution in [2.75, 3.05) is 11.2 Å². The van der Waals surface area contributed by atoms with E-state index in [2.05, 4.69) is 30.5 Å². The van der Waals surface area contributed by atoms with E-state index in [4.69, 9.17) is 5.84 Å². The maximum absolute atomic E-state index is 5.45. The molecule has 4 heteroatoms. The molecular weight excluding hydrogens is 360 g/mol. The standard InChI is InChI=1S/C22H40N2S.ClH/c1-2-3-4-5-6-7-8-9-10-11-12-13-14-15-19-25-22-18-16-17-21(20-22)24-23;/h16-18,20,24H,2-15,19,23H2,1H3;1H. The number of hydrazine groups is 1. The lowest BCUT2D eigenvalue weighted by molar-refractivity contribution is 0.538. The van der Waals surface area contributed by atoms with Gasteiger partial charge in [-0.3, -0.25) is 5.84 Å². The van der Waals surface area contributed by atoms with Crippen LogP contribution in [0, 0.1) is 0 Å². The van der Waals surface area contributed by atoms with Gasteiger partial charge < -0.3 is 5.43 Å². The summed E-state index contributed by atoms with van der Waals surface area (Å²) >= 11 is 1.94. The number of halogens is 1. The molecule has 0 heterocycles. The molecule has 0 saturated carbocycles. The number of rotatable bonds is 17. The summed E-state index contributed by atoms with van der Waals surface area (Å²) in [7, 11) is 0. The van der Waals surface area contributed by atoms with Gasteiger partial charge in [0.25, 0.3) is 0 Å². The van der Waals surface area contributed by atoms with Gasteiger partial charge in [0.1, 0.15) is 0 Å². The molecule has 0 bridgehead atoms. The van der Waals surface area contributed by atoms with Crippen LogP contribution in [0.2, 0.25) is 0 Å². The van der Waals surface area contributed by atoms with E-state index < -0.39 is 0 Å². The maximum atomic E-state index is 5.45. The highest BCUT2D eigenvalue weighted by Crippen LogP contribution is 2.22. The highest BCUT2D eigenvalue weighted by Gasteiger charge is 1.97. The molecule has 0 aromatic heterocycles. The van der Waals surface area contributed by atoms with Crippen LogP contribution in [0.3, 0.4) is 0 Å². The summed E-state index contributed by atoms with van der Waals surface area (Å²) in [4.78, 5) is 1.31. The lowest BCUT2D eigenvalue weighted by atomic mass is 10.0. The van der Waals surface area contributed by atoms with Gasteiger partial charge in [0.2, 0.25) is 0 Å². The molecule has 0 unspecified atom stereocenters. The molecule has 2 nitrogen and oxygen atoms in total. The lowest BCUT2D eigenvalue weighted by Gasteiger charge is -2.05. The summed E-state index contributed by atoms with van der Waals surface area (Å²) in [6.07, 6.45) is 19.9. The van der Waals surface area contributed by atoms with Gasteiger partial charge in [-0.2, -0.15) is 0 Å². The van der Waals surface area contributed by atoms with Crippen molar-refractivity contribution in [3.63, 3.8) is 0 Å². The van der Waals surface area contributed by atoms with Crippen LogP contribution in [0.1, 0.15) is 96.8 Å². The summed E-state index contributed by atoms with van der Waals surface area (Å²) in [5.74, 6) is 6.66. The minimum absolute atomic E-state index is 0. The van der Waals surface area contributed by atoms with Gasteiger partial charge in [-0.25, -0.2) is 0 Å². The summed E-state index contributed by atoms with van der Waals surface area (Å²) in [6, 6.07) is 8.34. The van der Waals surface area contributed by atoms with E-state index in [-0.39, 0.29) is 12.4 Å². The van der Waals surface area contributed by atoms with E-state index in [9.17, 15) is 0 Å². The molecule has 0 saturated heterocycles. The fourth-order valence-corrected chi connectivity index (χ4v) is 4.13. The number of nitrogen functional groups attached to an aromatic ring is 1. The Morgan fingerprint density at radius 2 is 1.27 bits per heavy atom. The third kappa shape index (κ3) is 14.8. The number of hydrogen-bond acceptors (Lipinski definition) is 3. The largest absolute Gasteiger partial charge is 0.324 e. The van der Waals surface area contributed by atoms with Crippen LogP contribution in [0.4, 0.5) is 5.69 Å². The van der Waals surface area contributed by atoms with Gasteiger partial charge in [0.15, 0.2) is 0 Å². The quantitative estimate of drug-likeness (QED) is 0.120. The average molecular weight is 401 g/mol. The van der Waals surface area contributed by atoms with E-state index in [1.54, 1.807) is 0 Å². The van der Waals surface area contributed by atoms with Crippen LogP contribution in [0.5, 0.6) is 0 Å². The summed E-state index contributed by atoms with van der Waals surface area (Å²) in [5, 5.41) is 0. The van der Waals surface area contributed by atoms with E-state index in [0.29, 0.717) is 0 Å². The maximum Gasteiger partial charge on any atom is 0.0496 e. The zero-order valence-corrected chi connectivity index (χ0v) is 18.4. The smallest absolute Gasteiger partial charge is 0.0496 e. The normalized spacial score (nSPS) is 10.5. The Labute approximate surface area is 172 Å². The van der Waals surface area contributed by atoms with Crippen molar-refractivity contribution < 1.29 is 0 Å². The van der Waals surface area contributed by atoms with Crippen molar-refractivity contribution in [1.82, 2.24) is 0 Å². The molecule has 1 rings (SSSR count). The van der Waals surface area contributed by atoms with Crippen molar-refractivity contribution in [3.05, 3.63) is 24.3 Å². The van der Waals surface area contributed by atoms with Crippen LogP contribution < -0.4 is 11.3 Å². The predicted octanol–water partition coefficient (Wildman–Crippen LogP) is 7.97. The number of anilines is 1. The van der Waals surface area contributed by atoms with Crippen LogP contribution >= 0.6 is 24.2 Å². The predicted molar refractivity (Wildman–Crippen MR) is 123 cm³/mol. The monoisotopic (exact) mass is 400 g/mol. The van der Waals surface area contributed by atoms with Gasteiger partial charge in [0.05, 0.1) is 0 Å². The molecule has 0 aliphatic carbocycles. The number of hydrogen-bond donors (Lipinski definition) is 2. The Morgan fingerprint density at radius 3 is 1.77 bits per heavy atom. The first-order valence-corrected chi connectivity index (χ1v) is 11.5. The van der Waals surface area contributed by atoms with Crippen molar-refractivity contribution in [1.29, 1.82) is 0 Å². The third-order valence-electron chi connectivity index (χ3n) is 4.77. The first-order valence-electron chi connectivity index (χ1n) is 10.6. The Bertz CT molecular complexity index is 415. The Kier molecular flexibility index (Phi) is 19.1. The van der Waals surface area contributed by atoms with E-state index >= 15 is 0 Å². The van der Waals surface area contributed by atoms with E-state index in [1.165, 1.54) is 101 Å². The molecule has 0 radical (unpaired) electrons. The number of benzene rings is 1. The minimum Gasteiger partial charge on any atom is -0.324 e. The summed E-state index contributed by atoms with van der Waals surface area (Å²) < 4.78 is 0. The lowest BCUT2D eigenvalue weighted by Crippen LogP contribution is -2.06. The van der Waals surface area contributed by atoms with Crippen molar-refractivity contribution >= 4 is 29.9 Å². The zero-order valence-electron chi connectivity index (χ0n) is 16.8. The van der Waals surface area contributed by atoms with Crippen LogP contribution in [-0.2, 0) is 0 Å². The summed E-state index contributed by atoms with van der Waals surface area (Å²) in [5.41, 5.74) is 3.70. The highest BCUT2D eigenvalue weighted by atomic mass is 35.5. The van der Waals surface area contributed by atoms with Gasteiger partial charge in [-0.15, -0.1) is 24.2 Å². The highest BCUT2D eigenvalue weighted by molar-refractivity contribution is 7.99. The fourth-order valence-electron chi connectivity index (χ4n) is 3.16. The second-order valence-electron chi connectivity index (χ2n) is 7.12. The minimum atomic E-state index is 0. The van der Waals surface area contributed by atoms with Gasteiger partial charge in [-0.1, -0.05) is 96.5 Å². The molecule has 0 amide bonds. The van der Waals surface area contributed by atoms with Crippen molar-refractivity contribution in [2.45, 2.75) is 102 Å². The molecule has 152 valence electrons. The third-order valence-corrected chi connectivity index (χ3v) is 5.85. The second kappa shape index (κ2) is 19.4. The molecule has 0 spiro atoms. The molecule has 26 heavy (non-hydrogen) atoms. The van der Waals surface area contributed by atoms with Crippen LogP contribution in [-0.4, -0.2) is 5.75 Å². The molecule has 1 aromatic rings. The van der Waals surface area contributed by atoms with Gasteiger partial charge >= 0.3 is 0 Å². The van der Waals surface area contributed by atoms with E-state index in [1.807, 2.05) is 17.8 Å². The molecular formula is C22H41ClN2S. The van der Waals surface area contributed by atoms with Gasteiger partial charge in [-0.05, 0) is 30.4 Å². The Hall–Kier alpha value is -0.380. The molecule has 1 aromatic carbocycles. The molecule has 0 aliphatic rings. The topological polar surface area (TPSA) is 38.0 Å². The van der Waals surface area contributed by atoms with Gasteiger partial charge in [0, 0.05) is 10.6 Å². The Morgan fingerprint density at radius 1 is 0.769 bits per heavy atom. The number of thioether (sulfide) groups is 1. The van der Waals surface area contributed by atoms with Crippen LogP contribution in [0.15, 0.2) is 29.2 Å². The summed E-state index contributed by atoms with van der Waals surface area (Å²) in [6.45, 7) is 2.29. The first kappa shape index (κ1) is 25.6. The number of unbranched alkanes of at least 4 members (excludes halogenated alkanes) is 13. The molecule has 3 N–H and O–H groups in total. The van der Waals surface area contributed by atoms with Crippen molar-refractivity contribution in [2.24, 2.45) is 5.84 Å². The van der Waals surface area contributed by atoms with E-state index in [0.717, 1.165) is 5.69 Å².